The highest BCUT2D eigenvalue weighted by Crippen LogP contribution is 2.25. The van der Waals surface area contributed by atoms with Crippen molar-refractivity contribution in [3.63, 3.8) is 0 Å². The molecule has 1 aromatic carbocycles. The van der Waals surface area contributed by atoms with Crippen molar-refractivity contribution in [1.82, 2.24) is 5.32 Å². The van der Waals surface area contributed by atoms with Crippen molar-refractivity contribution in [2.24, 2.45) is 5.73 Å². The summed E-state index contributed by atoms with van der Waals surface area (Å²) >= 11 is 1.20. The number of carboxylic acid groups (broad SMARTS) is 1. The molecular formula is C12H16N2O3S. The van der Waals surface area contributed by atoms with Gasteiger partial charge in [0.05, 0.1) is 5.75 Å². The Hall–Kier alpha value is -1.53. The molecule has 0 saturated carbocycles. The van der Waals surface area contributed by atoms with Gasteiger partial charge in [-0.1, -0.05) is 30.3 Å². The standard InChI is InChI=1S/C12H16N2O3S/c1-14-12(11(16)17,8-18-7-10(13)15)9-5-3-2-4-6-9/h2-6,14H,7-8H2,1H3,(H2,13,15)(H,16,17). The average molecular weight is 268 g/mol. The summed E-state index contributed by atoms with van der Waals surface area (Å²) in [5.41, 5.74) is 4.49. The van der Waals surface area contributed by atoms with Gasteiger partial charge in [-0.2, -0.15) is 0 Å². The van der Waals surface area contributed by atoms with Gasteiger partial charge in [-0.25, -0.2) is 4.79 Å². The van der Waals surface area contributed by atoms with Crippen LogP contribution in [0.25, 0.3) is 0 Å². The lowest BCUT2D eigenvalue weighted by Gasteiger charge is -2.29. The van der Waals surface area contributed by atoms with E-state index < -0.39 is 17.4 Å². The third-order valence-corrected chi connectivity index (χ3v) is 3.75. The first-order valence-corrected chi connectivity index (χ1v) is 6.52. The number of carboxylic acids is 1. The van der Waals surface area contributed by atoms with Gasteiger partial charge in [0.2, 0.25) is 5.91 Å². The molecule has 0 aliphatic heterocycles. The van der Waals surface area contributed by atoms with E-state index >= 15 is 0 Å². The number of rotatable bonds is 7. The van der Waals surface area contributed by atoms with Gasteiger partial charge in [-0.05, 0) is 12.6 Å². The van der Waals surface area contributed by atoms with Crippen molar-refractivity contribution >= 4 is 23.6 Å². The van der Waals surface area contributed by atoms with Crippen LogP contribution in [-0.4, -0.2) is 35.5 Å². The van der Waals surface area contributed by atoms with Crippen molar-refractivity contribution < 1.29 is 14.7 Å². The number of nitrogens with two attached hydrogens (primary N) is 1. The third-order valence-electron chi connectivity index (χ3n) is 2.62. The van der Waals surface area contributed by atoms with Crippen molar-refractivity contribution in [3.05, 3.63) is 35.9 Å². The summed E-state index contributed by atoms with van der Waals surface area (Å²) in [6, 6.07) is 8.87. The second kappa shape index (κ2) is 6.42. The zero-order valence-corrected chi connectivity index (χ0v) is 10.9. The molecule has 1 aromatic rings. The van der Waals surface area contributed by atoms with E-state index in [1.807, 2.05) is 6.07 Å². The number of primary amides is 1. The molecular weight excluding hydrogens is 252 g/mol. The molecule has 0 radical (unpaired) electrons. The number of nitrogens with one attached hydrogen (secondary N) is 1. The van der Waals surface area contributed by atoms with Crippen LogP contribution in [-0.2, 0) is 15.1 Å². The highest BCUT2D eigenvalue weighted by molar-refractivity contribution is 8.00. The number of hydrogen-bond donors (Lipinski definition) is 3. The quantitative estimate of drug-likeness (QED) is 0.666. The molecule has 0 saturated heterocycles. The van der Waals surface area contributed by atoms with Gasteiger partial charge in [0, 0.05) is 5.75 Å². The van der Waals surface area contributed by atoms with Crippen LogP contribution >= 0.6 is 11.8 Å². The van der Waals surface area contributed by atoms with Gasteiger partial charge in [0.15, 0.2) is 5.54 Å². The molecule has 1 rings (SSSR count). The number of benzene rings is 1. The van der Waals surface area contributed by atoms with Crippen molar-refractivity contribution in [2.45, 2.75) is 5.54 Å². The Morgan fingerprint density at radius 3 is 2.44 bits per heavy atom. The van der Waals surface area contributed by atoms with Crippen LogP contribution in [0.3, 0.4) is 0 Å². The Kier molecular flexibility index (Phi) is 5.18. The Labute approximate surface area is 110 Å². The largest absolute Gasteiger partial charge is 0.480 e. The fourth-order valence-corrected chi connectivity index (χ4v) is 2.66. The highest BCUT2D eigenvalue weighted by atomic mass is 32.2. The molecule has 1 atom stereocenters. The Balaban J connectivity index is 2.95. The summed E-state index contributed by atoms with van der Waals surface area (Å²) in [5, 5.41) is 12.3. The summed E-state index contributed by atoms with van der Waals surface area (Å²) in [7, 11) is 1.59. The number of thioether (sulfide) groups is 1. The summed E-state index contributed by atoms with van der Waals surface area (Å²) in [6.07, 6.45) is 0. The lowest BCUT2D eigenvalue weighted by Crippen LogP contribution is -2.49. The molecule has 4 N–H and O–H groups in total. The smallest absolute Gasteiger partial charge is 0.329 e. The first-order chi connectivity index (χ1) is 8.53. The summed E-state index contributed by atoms with van der Waals surface area (Å²) in [6.45, 7) is 0. The number of aliphatic carboxylic acids is 1. The Morgan fingerprint density at radius 1 is 1.39 bits per heavy atom. The molecule has 0 spiro atoms. The van der Waals surface area contributed by atoms with E-state index in [1.54, 1.807) is 31.3 Å². The number of hydrogen-bond acceptors (Lipinski definition) is 4. The topological polar surface area (TPSA) is 92.4 Å². The molecule has 0 fully saturated rings. The maximum atomic E-state index is 11.5. The predicted molar refractivity (Wildman–Crippen MR) is 71.3 cm³/mol. The first-order valence-electron chi connectivity index (χ1n) is 5.37. The van der Waals surface area contributed by atoms with E-state index in [0.717, 1.165) is 0 Å². The Bertz CT molecular complexity index is 425. The Morgan fingerprint density at radius 2 is 2.00 bits per heavy atom. The van der Waals surface area contributed by atoms with Crippen LogP contribution in [0.15, 0.2) is 30.3 Å². The van der Waals surface area contributed by atoms with E-state index in [2.05, 4.69) is 5.32 Å². The van der Waals surface area contributed by atoms with E-state index in [1.165, 1.54) is 11.8 Å². The molecule has 5 nitrogen and oxygen atoms in total. The van der Waals surface area contributed by atoms with Gasteiger partial charge in [0.25, 0.3) is 0 Å². The minimum Gasteiger partial charge on any atom is -0.480 e. The minimum atomic E-state index is -1.21. The maximum absolute atomic E-state index is 11.5. The fraction of sp³-hybridized carbons (Fsp3) is 0.333. The normalized spacial score (nSPS) is 13.8. The second-order valence-electron chi connectivity index (χ2n) is 3.79. The number of carbonyl (C=O) groups is 2. The van der Waals surface area contributed by atoms with Gasteiger partial charge >= 0.3 is 5.97 Å². The van der Waals surface area contributed by atoms with E-state index in [0.29, 0.717) is 5.56 Å². The molecule has 98 valence electrons. The molecule has 0 aliphatic rings. The third kappa shape index (κ3) is 3.24. The zero-order chi connectivity index (χ0) is 13.6. The van der Waals surface area contributed by atoms with Crippen LogP contribution in [0.5, 0.6) is 0 Å². The van der Waals surface area contributed by atoms with E-state index in [9.17, 15) is 14.7 Å². The predicted octanol–water partition coefficient (Wildman–Crippen LogP) is 0.404. The van der Waals surface area contributed by atoms with Crippen LogP contribution in [0.1, 0.15) is 5.56 Å². The maximum Gasteiger partial charge on any atom is 0.329 e. The zero-order valence-electron chi connectivity index (χ0n) is 10.1. The molecule has 1 unspecified atom stereocenters. The van der Waals surface area contributed by atoms with Crippen molar-refractivity contribution in [1.29, 1.82) is 0 Å². The molecule has 0 heterocycles. The van der Waals surface area contributed by atoms with Gasteiger partial charge < -0.3 is 16.2 Å². The monoisotopic (exact) mass is 268 g/mol. The lowest BCUT2D eigenvalue weighted by molar-refractivity contribution is -0.144. The first kappa shape index (κ1) is 14.5. The van der Waals surface area contributed by atoms with Crippen LogP contribution < -0.4 is 11.1 Å². The SMILES string of the molecule is CNC(CSCC(N)=O)(C(=O)O)c1ccccc1. The minimum absolute atomic E-state index is 0.101. The van der Waals surface area contributed by atoms with E-state index in [4.69, 9.17) is 5.73 Å². The molecule has 6 heteroatoms. The number of amides is 1. The molecule has 18 heavy (non-hydrogen) atoms. The second-order valence-corrected chi connectivity index (χ2v) is 4.77. The molecule has 0 bridgehead atoms. The summed E-state index contributed by atoms with van der Waals surface area (Å²) < 4.78 is 0. The number of carbonyl (C=O) groups excluding carboxylic acids is 1. The van der Waals surface area contributed by atoms with Crippen LogP contribution in [0.4, 0.5) is 0 Å². The van der Waals surface area contributed by atoms with Gasteiger partial charge in [0.1, 0.15) is 0 Å². The average Bonchev–Trinajstić information content (AvgIpc) is 2.35. The van der Waals surface area contributed by atoms with Crippen LogP contribution in [0.2, 0.25) is 0 Å². The van der Waals surface area contributed by atoms with Gasteiger partial charge in [-0.15, -0.1) is 11.8 Å². The molecule has 0 aliphatic carbocycles. The van der Waals surface area contributed by atoms with E-state index in [-0.39, 0.29) is 11.5 Å². The lowest BCUT2D eigenvalue weighted by atomic mass is 9.92. The number of likely N-dealkylation sites (N-methyl/N-ethyl adjacent to an activating group) is 1. The van der Waals surface area contributed by atoms with Gasteiger partial charge in [-0.3, -0.25) is 4.79 Å². The van der Waals surface area contributed by atoms with Crippen molar-refractivity contribution in [2.75, 3.05) is 18.6 Å². The van der Waals surface area contributed by atoms with Crippen molar-refractivity contribution in [3.8, 4) is 0 Å². The highest BCUT2D eigenvalue weighted by Gasteiger charge is 2.38. The fourth-order valence-electron chi connectivity index (χ4n) is 1.62. The summed E-state index contributed by atoms with van der Waals surface area (Å²) in [5.74, 6) is -1.10. The molecule has 0 aromatic heterocycles. The molecule has 1 amide bonds. The van der Waals surface area contributed by atoms with Crippen LogP contribution in [0, 0.1) is 0 Å². The summed E-state index contributed by atoms with van der Waals surface area (Å²) in [4.78, 5) is 22.3.